The lowest BCUT2D eigenvalue weighted by Gasteiger charge is -2.39. The average Bonchev–Trinajstić information content (AvgIpc) is 2.01. The molecule has 1 rings (SSSR count). The fourth-order valence-electron chi connectivity index (χ4n) is 1.74. The number of sulfone groups is 1. The van der Waals surface area contributed by atoms with Gasteiger partial charge < -0.3 is 4.74 Å². The van der Waals surface area contributed by atoms with Crippen molar-refractivity contribution in [3.63, 3.8) is 0 Å². The minimum Gasteiger partial charge on any atom is -0.468 e. The average molecular weight is 220 g/mol. The van der Waals surface area contributed by atoms with Gasteiger partial charge >= 0.3 is 5.97 Å². The van der Waals surface area contributed by atoms with Crippen LogP contribution in [-0.4, -0.2) is 31.5 Å². The second kappa shape index (κ2) is 3.53. The van der Waals surface area contributed by atoms with E-state index in [1.54, 1.807) is 13.8 Å². The summed E-state index contributed by atoms with van der Waals surface area (Å²) in [4.78, 5) is 11.5. The fraction of sp³-hybridized carbons (Fsp3) is 0.889. The van der Waals surface area contributed by atoms with Crippen LogP contribution in [0.1, 0.15) is 33.1 Å². The Labute approximate surface area is 84.6 Å². The van der Waals surface area contributed by atoms with Gasteiger partial charge in [0, 0.05) is 0 Å². The lowest BCUT2D eigenvalue weighted by atomic mass is 9.84. The summed E-state index contributed by atoms with van der Waals surface area (Å²) in [5.41, 5.74) is 0. The maximum atomic E-state index is 11.9. The zero-order chi connectivity index (χ0) is 11.0. The van der Waals surface area contributed by atoms with Crippen LogP contribution in [-0.2, 0) is 19.4 Å². The summed E-state index contributed by atoms with van der Waals surface area (Å²) in [7, 11) is -2.15. The van der Waals surface area contributed by atoms with Crippen LogP contribution in [0.3, 0.4) is 0 Å². The minimum atomic E-state index is -3.39. The van der Waals surface area contributed by atoms with Gasteiger partial charge in [-0.2, -0.15) is 0 Å². The van der Waals surface area contributed by atoms with E-state index in [2.05, 4.69) is 4.74 Å². The van der Waals surface area contributed by atoms with Crippen molar-refractivity contribution in [1.29, 1.82) is 0 Å². The van der Waals surface area contributed by atoms with Gasteiger partial charge in [0.05, 0.1) is 12.4 Å². The van der Waals surface area contributed by atoms with Crippen molar-refractivity contribution in [1.82, 2.24) is 0 Å². The zero-order valence-electron chi connectivity index (χ0n) is 8.74. The van der Waals surface area contributed by atoms with Crippen molar-refractivity contribution in [3.05, 3.63) is 0 Å². The first-order valence-electron chi connectivity index (χ1n) is 4.70. The van der Waals surface area contributed by atoms with Crippen LogP contribution in [0.2, 0.25) is 0 Å². The van der Waals surface area contributed by atoms with E-state index in [-0.39, 0.29) is 0 Å². The molecule has 0 aliphatic heterocycles. The molecule has 0 saturated heterocycles. The number of methoxy groups -OCH3 is 1. The summed E-state index contributed by atoms with van der Waals surface area (Å²) >= 11 is 0. The Morgan fingerprint density at radius 2 is 1.86 bits per heavy atom. The lowest BCUT2D eigenvalue weighted by Crippen LogP contribution is -2.55. The molecule has 0 aromatic rings. The molecule has 1 saturated carbocycles. The highest BCUT2D eigenvalue weighted by molar-refractivity contribution is 7.94. The van der Waals surface area contributed by atoms with E-state index >= 15 is 0 Å². The van der Waals surface area contributed by atoms with E-state index in [0.29, 0.717) is 12.8 Å². The van der Waals surface area contributed by atoms with E-state index in [0.717, 1.165) is 6.42 Å². The molecule has 0 atom stereocenters. The van der Waals surface area contributed by atoms with Crippen LogP contribution >= 0.6 is 0 Å². The van der Waals surface area contributed by atoms with Crippen molar-refractivity contribution in [3.8, 4) is 0 Å². The third-order valence-corrected chi connectivity index (χ3v) is 5.79. The summed E-state index contributed by atoms with van der Waals surface area (Å²) < 4.78 is 27.2. The number of esters is 1. The summed E-state index contributed by atoms with van der Waals surface area (Å²) in [6, 6.07) is 0. The Bertz CT molecular complexity index is 325. The first kappa shape index (κ1) is 11.5. The molecule has 0 spiro atoms. The highest BCUT2D eigenvalue weighted by Gasteiger charge is 2.56. The van der Waals surface area contributed by atoms with E-state index in [1.807, 2.05) is 0 Å². The molecule has 0 radical (unpaired) electrons. The molecule has 0 unspecified atom stereocenters. The van der Waals surface area contributed by atoms with Gasteiger partial charge in [0.1, 0.15) is 0 Å². The predicted molar refractivity (Wildman–Crippen MR) is 52.7 cm³/mol. The predicted octanol–water partition coefficient (Wildman–Crippen LogP) is 0.905. The van der Waals surface area contributed by atoms with Crippen molar-refractivity contribution < 1.29 is 17.9 Å². The molecule has 0 N–H and O–H groups in total. The van der Waals surface area contributed by atoms with Crippen molar-refractivity contribution in [2.75, 3.05) is 7.11 Å². The maximum Gasteiger partial charge on any atom is 0.327 e. The van der Waals surface area contributed by atoms with Gasteiger partial charge in [0.2, 0.25) is 0 Å². The van der Waals surface area contributed by atoms with Crippen LogP contribution in [0, 0.1) is 0 Å². The fourth-order valence-corrected chi connectivity index (χ4v) is 3.82. The maximum absolute atomic E-state index is 11.9. The second-order valence-corrected chi connectivity index (χ2v) is 6.75. The van der Waals surface area contributed by atoms with E-state index in [1.165, 1.54) is 7.11 Å². The highest BCUT2D eigenvalue weighted by Crippen LogP contribution is 2.42. The van der Waals surface area contributed by atoms with Crippen LogP contribution in [0.25, 0.3) is 0 Å². The molecule has 4 nitrogen and oxygen atoms in total. The van der Waals surface area contributed by atoms with Crippen molar-refractivity contribution >= 4 is 15.8 Å². The van der Waals surface area contributed by atoms with E-state index in [9.17, 15) is 13.2 Å². The Balaban J connectivity index is 3.09. The van der Waals surface area contributed by atoms with E-state index in [4.69, 9.17) is 0 Å². The summed E-state index contributed by atoms with van der Waals surface area (Å²) in [6.45, 7) is 3.19. The standard InChI is InChI=1S/C9H16O4S/c1-7(2)14(11,12)9(5-4-6-9)8(10)13-3/h7H,4-6H2,1-3H3. The molecule has 5 heteroatoms. The second-order valence-electron chi connectivity index (χ2n) is 3.93. The van der Waals surface area contributed by atoms with Gasteiger partial charge in [0.25, 0.3) is 0 Å². The van der Waals surface area contributed by atoms with Gasteiger partial charge in [-0.05, 0) is 33.1 Å². The molecule has 1 aliphatic carbocycles. The number of hydrogen-bond acceptors (Lipinski definition) is 4. The number of carbonyl (C=O) groups is 1. The van der Waals surface area contributed by atoms with Crippen LogP contribution < -0.4 is 0 Å². The van der Waals surface area contributed by atoms with Gasteiger partial charge in [-0.15, -0.1) is 0 Å². The van der Waals surface area contributed by atoms with Crippen LogP contribution in [0.15, 0.2) is 0 Å². The monoisotopic (exact) mass is 220 g/mol. The van der Waals surface area contributed by atoms with Gasteiger partial charge in [-0.25, -0.2) is 8.42 Å². The molecule has 0 bridgehead atoms. The molecule has 0 aromatic heterocycles. The molecule has 14 heavy (non-hydrogen) atoms. The molecular weight excluding hydrogens is 204 g/mol. The Kier molecular flexibility index (Phi) is 2.90. The highest BCUT2D eigenvalue weighted by atomic mass is 32.2. The first-order valence-corrected chi connectivity index (χ1v) is 6.25. The lowest BCUT2D eigenvalue weighted by molar-refractivity contribution is -0.146. The molecule has 0 amide bonds. The SMILES string of the molecule is COC(=O)C1(S(=O)(=O)C(C)C)CCC1. The van der Waals surface area contributed by atoms with E-state index < -0.39 is 25.8 Å². The van der Waals surface area contributed by atoms with Crippen molar-refractivity contribution in [2.45, 2.75) is 43.1 Å². The summed E-state index contributed by atoms with van der Waals surface area (Å²) in [5, 5.41) is -0.526. The topological polar surface area (TPSA) is 60.4 Å². The zero-order valence-corrected chi connectivity index (χ0v) is 9.56. The molecule has 1 aliphatic rings. The molecule has 1 fully saturated rings. The summed E-state index contributed by atoms with van der Waals surface area (Å²) in [6.07, 6.45) is 1.58. The Morgan fingerprint density at radius 1 is 1.36 bits per heavy atom. The first-order chi connectivity index (χ1) is 6.38. The number of carbonyl (C=O) groups excluding carboxylic acids is 1. The number of ether oxygens (including phenoxy) is 1. The summed E-state index contributed by atoms with van der Waals surface area (Å²) in [5.74, 6) is -0.600. The third-order valence-electron chi connectivity index (χ3n) is 2.88. The van der Waals surface area contributed by atoms with Crippen LogP contribution in [0.5, 0.6) is 0 Å². The molecule has 0 aromatic carbocycles. The quantitative estimate of drug-likeness (QED) is 0.663. The smallest absolute Gasteiger partial charge is 0.327 e. The molecular formula is C9H16O4S. The van der Waals surface area contributed by atoms with Gasteiger partial charge in [-0.3, -0.25) is 4.79 Å². The normalized spacial score (nSPS) is 20.3. The molecule has 0 heterocycles. The van der Waals surface area contributed by atoms with Gasteiger partial charge in [0.15, 0.2) is 14.6 Å². The Hall–Kier alpha value is -0.580. The molecule has 82 valence electrons. The number of hydrogen-bond donors (Lipinski definition) is 0. The van der Waals surface area contributed by atoms with Gasteiger partial charge in [-0.1, -0.05) is 0 Å². The van der Waals surface area contributed by atoms with Crippen molar-refractivity contribution in [2.24, 2.45) is 0 Å². The van der Waals surface area contributed by atoms with Crippen LogP contribution in [0.4, 0.5) is 0 Å². The minimum absolute atomic E-state index is 0.403. The third kappa shape index (κ3) is 1.34. The Morgan fingerprint density at radius 3 is 2.07 bits per heavy atom. The number of rotatable bonds is 3. The largest absolute Gasteiger partial charge is 0.468 e.